The summed E-state index contributed by atoms with van der Waals surface area (Å²) in [6, 6.07) is 26.4. The van der Waals surface area contributed by atoms with Crippen LogP contribution < -0.4 is 20.2 Å². The normalized spacial score (nSPS) is 10.8. The SMILES string of the molecule is CCCOc1ccc(C(=O)NCC(=O)N/N=C\c2c(OC(=O)c3ccccc3)ccc3ccccc23)cc1. The molecule has 0 saturated carbocycles. The van der Waals surface area contributed by atoms with Gasteiger partial charge in [-0.05, 0) is 59.7 Å². The number of hydrazone groups is 1. The second-order valence-electron chi connectivity index (χ2n) is 8.30. The largest absolute Gasteiger partial charge is 0.494 e. The number of benzene rings is 4. The highest BCUT2D eigenvalue weighted by atomic mass is 16.5. The minimum Gasteiger partial charge on any atom is -0.494 e. The van der Waals surface area contributed by atoms with E-state index in [9.17, 15) is 14.4 Å². The fraction of sp³-hybridized carbons (Fsp3) is 0.133. The number of hydrogen-bond donors (Lipinski definition) is 2. The molecule has 0 bridgehead atoms. The summed E-state index contributed by atoms with van der Waals surface area (Å²) < 4.78 is 11.2. The van der Waals surface area contributed by atoms with Crippen molar-refractivity contribution >= 4 is 34.8 Å². The molecule has 0 spiro atoms. The molecule has 0 aliphatic carbocycles. The summed E-state index contributed by atoms with van der Waals surface area (Å²) in [6.45, 7) is 2.34. The molecule has 0 heterocycles. The average molecular weight is 510 g/mol. The van der Waals surface area contributed by atoms with Crippen molar-refractivity contribution in [3.8, 4) is 11.5 Å². The van der Waals surface area contributed by atoms with Gasteiger partial charge in [-0.25, -0.2) is 10.2 Å². The quantitative estimate of drug-likeness (QED) is 0.139. The molecule has 0 aliphatic rings. The molecule has 8 heteroatoms. The molecule has 2 amide bonds. The Morgan fingerprint density at radius 2 is 1.58 bits per heavy atom. The number of carbonyl (C=O) groups is 3. The third-order valence-corrected chi connectivity index (χ3v) is 5.52. The van der Waals surface area contributed by atoms with E-state index in [4.69, 9.17) is 9.47 Å². The number of nitrogens with zero attached hydrogens (tertiary/aromatic N) is 1. The van der Waals surface area contributed by atoms with Gasteiger partial charge in [0, 0.05) is 11.1 Å². The minimum absolute atomic E-state index is 0.268. The molecule has 4 aromatic rings. The molecule has 0 radical (unpaired) electrons. The summed E-state index contributed by atoms with van der Waals surface area (Å²) in [4.78, 5) is 37.3. The standard InChI is InChI=1S/C30H27N3O5/c1-2-18-37-24-15-12-22(13-16-24)29(35)31-20-28(34)33-32-19-26-25-11-7-6-8-21(25)14-17-27(26)38-30(36)23-9-4-3-5-10-23/h3-17,19H,2,18,20H2,1H3,(H,31,35)(H,33,34)/b32-19-. The van der Waals surface area contributed by atoms with Crippen molar-refractivity contribution in [2.24, 2.45) is 5.10 Å². The van der Waals surface area contributed by atoms with Crippen LogP contribution in [0.15, 0.2) is 96.1 Å². The Morgan fingerprint density at radius 1 is 0.842 bits per heavy atom. The van der Waals surface area contributed by atoms with Crippen LogP contribution in [0.4, 0.5) is 0 Å². The second kappa shape index (κ2) is 12.8. The second-order valence-corrected chi connectivity index (χ2v) is 8.30. The van der Waals surface area contributed by atoms with E-state index in [0.717, 1.165) is 17.2 Å². The van der Waals surface area contributed by atoms with Crippen LogP contribution in [0.3, 0.4) is 0 Å². The topological polar surface area (TPSA) is 106 Å². The monoisotopic (exact) mass is 509 g/mol. The van der Waals surface area contributed by atoms with Gasteiger partial charge < -0.3 is 14.8 Å². The Bertz CT molecular complexity index is 1450. The molecule has 38 heavy (non-hydrogen) atoms. The maximum absolute atomic E-state index is 12.6. The molecule has 0 fully saturated rings. The molecule has 0 unspecified atom stereocenters. The van der Waals surface area contributed by atoms with E-state index in [0.29, 0.717) is 34.8 Å². The van der Waals surface area contributed by atoms with Crippen LogP contribution in [0.5, 0.6) is 11.5 Å². The Hall–Kier alpha value is -4.98. The smallest absolute Gasteiger partial charge is 0.343 e. The molecule has 4 rings (SSSR count). The highest BCUT2D eigenvalue weighted by Crippen LogP contribution is 2.27. The summed E-state index contributed by atoms with van der Waals surface area (Å²) in [6.07, 6.45) is 2.31. The lowest BCUT2D eigenvalue weighted by molar-refractivity contribution is -0.120. The zero-order chi connectivity index (χ0) is 26.7. The van der Waals surface area contributed by atoms with Gasteiger partial charge in [0.25, 0.3) is 11.8 Å². The maximum Gasteiger partial charge on any atom is 0.343 e. The van der Waals surface area contributed by atoms with Crippen LogP contribution in [0.2, 0.25) is 0 Å². The van der Waals surface area contributed by atoms with Crippen molar-refractivity contribution in [2.45, 2.75) is 13.3 Å². The molecule has 2 N–H and O–H groups in total. The van der Waals surface area contributed by atoms with Crippen LogP contribution in [0.1, 0.15) is 39.6 Å². The Kier molecular flexibility index (Phi) is 8.80. The number of rotatable bonds is 10. The first-order chi connectivity index (χ1) is 18.5. The molecule has 0 aliphatic heterocycles. The number of amides is 2. The first kappa shape index (κ1) is 26.1. The maximum atomic E-state index is 12.6. The van der Waals surface area contributed by atoms with Crippen LogP contribution >= 0.6 is 0 Å². The van der Waals surface area contributed by atoms with Gasteiger partial charge in [0.2, 0.25) is 0 Å². The van der Waals surface area contributed by atoms with Crippen LogP contribution in [-0.2, 0) is 4.79 Å². The van der Waals surface area contributed by atoms with Gasteiger partial charge >= 0.3 is 5.97 Å². The summed E-state index contributed by atoms with van der Waals surface area (Å²) in [5, 5.41) is 8.31. The summed E-state index contributed by atoms with van der Waals surface area (Å²) in [5.41, 5.74) is 3.75. The van der Waals surface area contributed by atoms with Crippen molar-refractivity contribution in [1.29, 1.82) is 0 Å². The van der Waals surface area contributed by atoms with E-state index < -0.39 is 17.8 Å². The molecule has 4 aromatic carbocycles. The Balaban J connectivity index is 1.40. The van der Waals surface area contributed by atoms with Gasteiger partial charge in [0.15, 0.2) is 0 Å². The van der Waals surface area contributed by atoms with E-state index in [1.54, 1.807) is 54.6 Å². The molecule has 0 atom stereocenters. The van der Waals surface area contributed by atoms with Crippen molar-refractivity contribution < 1.29 is 23.9 Å². The van der Waals surface area contributed by atoms with Gasteiger partial charge in [0.05, 0.1) is 24.9 Å². The van der Waals surface area contributed by atoms with E-state index in [1.165, 1.54) is 6.21 Å². The van der Waals surface area contributed by atoms with Crippen LogP contribution in [0, 0.1) is 0 Å². The third-order valence-electron chi connectivity index (χ3n) is 5.52. The molecule has 0 aromatic heterocycles. The predicted molar refractivity (Wildman–Crippen MR) is 146 cm³/mol. The van der Waals surface area contributed by atoms with Gasteiger partial charge in [-0.15, -0.1) is 0 Å². The highest BCUT2D eigenvalue weighted by Gasteiger charge is 2.14. The van der Waals surface area contributed by atoms with E-state index in [1.807, 2.05) is 43.3 Å². The number of nitrogens with one attached hydrogen (secondary N) is 2. The average Bonchev–Trinajstić information content (AvgIpc) is 2.96. The number of carbonyl (C=O) groups excluding carboxylic acids is 3. The fourth-order valence-corrected chi connectivity index (χ4v) is 3.62. The first-order valence-electron chi connectivity index (χ1n) is 12.2. The lowest BCUT2D eigenvalue weighted by atomic mass is 10.0. The minimum atomic E-state index is -0.513. The first-order valence-corrected chi connectivity index (χ1v) is 12.2. The molecule has 192 valence electrons. The highest BCUT2D eigenvalue weighted by molar-refractivity contribution is 6.04. The third kappa shape index (κ3) is 6.82. The summed E-state index contributed by atoms with van der Waals surface area (Å²) in [7, 11) is 0. The van der Waals surface area contributed by atoms with Crippen LogP contribution in [-0.4, -0.2) is 37.1 Å². The number of fused-ring (bicyclic) bond motifs is 1. The van der Waals surface area contributed by atoms with Gasteiger partial charge in [-0.1, -0.05) is 55.5 Å². The van der Waals surface area contributed by atoms with Gasteiger partial charge in [-0.2, -0.15) is 5.10 Å². The fourth-order valence-electron chi connectivity index (χ4n) is 3.62. The van der Waals surface area contributed by atoms with Gasteiger partial charge in [-0.3, -0.25) is 9.59 Å². The number of hydrogen-bond acceptors (Lipinski definition) is 6. The molecule has 0 saturated heterocycles. The zero-order valence-electron chi connectivity index (χ0n) is 20.8. The lowest BCUT2D eigenvalue weighted by Crippen LogP contribution is -2.34. The molecular weight excluding hydrogens is 482 g/mol. The number of esters is 1. The Morgan fingerprint density at radius 3 is 2.34 bits per heavy atom. The lowest BCUT2D eigenvalue weighted by Gasteiger charge is -2.10. The van der Waals surface area contributed by atoms with E-state index >= 15 is 0 Å². The predicted octanol–water partition coefficient (Wildman–Crippen LogP) is 4.73. The van der Waals surface area contributed by atoms with Crippen molar-refractivity contribution in [3.05, 3.63) is 108 Å². The molecular formula is C30H27N3O5. The van der Waals surface area contributed by atoms with E-state index in [-0.39, 0.29) is 6.54 Å². The van der Waals surface area contributed by atoms with Crippen molar-refractivity contribution in [3.63, 3.8) is 0 Å². The zero-order valence-corrected chi connectivity index (χ0v) is 20.8. The van der Waals surface area contributed by atoms with Crippen molar-refractivity contribution in [1.82, 2.24) is 10.7 Å². The van der Waals surface area contributed by atoms with Gasteiger partial charge in [0.1, 0.15) is 11.5 Å². The van der Waals surface area contributed by atoms with Crippen molar-refractivity contribution in [2.75, 3.05) is 13.2 Å². The van der Waals surface area contributed by atoms with E-state index in [2.05, 4.69) is 15.8 Å². The summed E-state index contributed by atoms with van der Waals surface area (Å²) in [5.74, 6) is -0.434. The Labute approximate surface area is 220 Å². The summed E-state index contributed by atoms with van der Waals surface area (Å²) >= 11 is 0. The van der Waals surface area contributed by atoms with Crippen LogP contribution in [0.25, 0.3) is 10.8 Å². The molecule has 8 nitrogen and oxygen atoms in total. The number of ether oxygens (including phenoxy) is 2.